The molecular weight excluding hydrogens is 562 g/mol. The average molecular weight is 606 g/mol. The van der Waals surface area contributed by atoms with E-state index in [0.717, 1.165) is 0 Å². The van der Waals surface area contributed by atoms with Gasteiger partial charge in [0.1, 0.15) is 24.2 Å². The van der Waals surface area contributed by atoms with Crippen molar-refractivity contribution in [3.63, 3.8) is 0 Å². The Hall–Kier alpha value is -4.49. The predicted octanol–water partition coefficient (Wildman–Crippen LogP) is -0.0441. The molecular formula is C29H43N5O9. The molecule has 1 aromatic rings. The highest BCUT2D eigenvalue weighted by Gasteiger charge is 2.33. The molecule has 0 saturated carbocycles. The fourth-order valence-corrected chi connectivity index (χ4v) is 4.11. The second-order valence-electron chi connectivity index (χ2n) is 11.1. The first-order valence-corrected chi connectivity index (χ1v) is 14.0. The lowest BCUT2D eigenvalue weighted by atomic mass is 10.0. The number of aliphatic carboxylic acids is 2. The van der Waals surface area contributed by atoms with Gasteiger partial charge in [-0.25, -0.2) is 4.79 Å². The first-order chi connectivity index (χ1) is 20.1. The molecule has 0 heterocycles. The number of carbonyl (C=O) groups is 7. The molecule has 5 amide bonds. The van der Waals surface area contributed by atoms with Crippen LogP contribution in [0.1, 0.15) is 59.4 Å². The number of benzene rings is 1. The summed E-state index contributed by atoms with van der Waals surface area (Å²) in [4.78, 5) is 86.4. The van der Waals surface area contributed by atoms with Crippen LogP contribution in [0.2, 0.25) is 0 Å². The second-order valence-corrected chi connectivity index (χ2v) is 11.1. The third-order valence-corrected chi connectivity index (χ3v) is 6.11. The van der Waals surface area contributed by atoms with Crippen molar-refractivity contribution in [2.45, 2.75) is 84.5 Å². The molecule has 0 radical (unpaired) electrons. The van der Waals surface area contributed by atoms with Gasteiger partial charge in [0, 0.05) is 13.3 Å². The van der Waals surface area contributed by atoms with Crippen LogP contribution >= 0.6 is 0 Å². The van der Waals surface area contributed by atoms with Crippen LogP contribution in [0.25, 0.3) is 0 Å². The van der Waals surface area contributed by atoms with Crippen molar-refractivity contribution >= 4 is 41.5 Å². The van der Waals surface area contributed by atoms with Crippen molar-refractivity contribution < 1.29 is 43.8 Å². The Labute approximate surface area is 250 Å². The van der Waals surface area contributed by atoms with Crippen molar-refractivity contribution in [1.29, 1.82) is 0 Å². The average Bonchev–Trinajstić information content (AvgIpc) is 2.90. The maximum absolute atomic E-state index is 13.2. The quantitative estimate of drug-likeness (QED) is 0.119. The minimum Gasteiger partial charge on any atom is -0.481 e. The zero-order chi connectivity index (χ0) is 32.7. The second kappa shape index (κ2) is 18.1. The first-order valence-electron chi connectivity index (χ1n) is 14.0. The van der Waals surface area contributed by atoms with Gasteiger partial charge in [-0.05, 0) is 30.2 Å². The molecule has 14 heteroatoms. The fraction of sp³-hybridized carbons (Fsp3) is 0.552. The third kappa shape index (κ3) is 14.8. The van der Waals surface area contributed by atoms with Crippen LogP contribution in [0.15, 0.2) is 30.3 Å². The number of carboxylic acid groups (broad SMARTS) is 2. The van der Waals surface area contributed by atoms with Crippen LogP contribution in [0, 0.1) is 11.8 Å². The minimum absolute atomic E-state index is 0.00709. The van der Waals surface area contributed by atoms with Crippen molar-refractivity contribution in [2.75, 3.05) is 6.54 Å². The standard InChI is InChI=1S/C29H43N5O9/c1-16(2)11-20(31-24(36)15-30-18(5)35)26(39)33-22(14-25(37)38)28(41)32-21(12-17(3)4)27(40)34-23(29(42)43)13-19-9-7-6-8-10-19/h6-10,16-17,20-23H,11-15H2,1-5H3,(H,30,35)(H,31,36)(H,32,41)(H,33,39)(H,34,40)(H,37,38)(H,42,43)/t20-,21-,22-,23-/m0/s1. The third-order valence-electron chi connectivity index (χ3n) is 6.11. The Morgan fingerprint density at radius 1 is 0.674 bits per heavy atom. The van der Waals surface area contributed by atoms with Crippen LogP contribution in [-0.2, 0) is 40.0 Å². The maximum atomic E-state index is 13.2. The summed E-state index contributed by atoms with van der Waals surface area (Å²) >= 11 is 0. The van der Waals surface area contributed by atoms with Gasteiger partial charge in [-0.1, -0.05) is 58.0 Å². The first kappa shape index (κ1) is 36.5. The summed E-state index contributed by atoms with van der Waals surface area (Å²) in [7, 11) is 0. The molecule has 43 heavy (non-hydrogen) atoms. The number of rotatable bonds is 18. The van der Waals surface area contributed by atoms with Crippen LogP contribution in [0.3, 0.4) is 0 Å². The van der Waals surface area contributed by atoms with Gasteiger partial charge in [0.25, 0.3) is 0 Å². The lowest BCUT2D eigenvalue weighted by Gasteiger charge is -2.26. The van der Waals surface area contributed by atoms with E-state index in [2.05, 4.69) is 26.6 Å². The molecule has 7 N–H and O–H groups in total. The van der Waals surface area contributed by atoms with Crippen LogP contribution in [0.4, 0.5) is 0 Å². The molecule has 0 saturated heterocycles. The van der Waals surface area contributed by atoms with E-state index >= 15 is 0 Å². The van der Waals surface area contributed by atoms with Gasteiger partial charge in [0.15, 0.2) is 0 Å². The Morgan fingerprint density at radius 3 is 1.60 bits per heavy atom. The van der Waals surface area contributed by atoms with E-state index in [0.29, 0.717) is 5.56 Å². The molecule has 0 aliphatic carbocycles. The van der Waals surface area contributed by atoms with Gasteiger partial charge < -0.3 is 36.8 Å². The van der Waals surface area contributed by atoms with Crippen molar-refractivity contribution in [2.24, 2.45) is 11.8 Å². The number of nitrogens with one attached hydrogen (secondary N) is 5. The molecule has 0 aliphatic heterocycles. The number of carbonyl (C=O) groups excluding carboxylic acids is 5. The molecule has 0 spiro atoms. The largest absolute Gasteiger partial charge is 0.481 e. The molecule has 0 aliphatic rings. The lowest BCUT2D eigenvalue weighted by Crippen LogP contribution is -2.58. The summed E-state index contributed by atoms with van der Waals surface area (Å²) in [5.41, 5.74) is 0.670. The van der Waals surface area contributed by atoms with E-state index in [-0.39, 0.29) is 37.6 Å². The Balaban J connectivity index is 3.10. The summed E-state index contributed by atoms with van der Waals surface area (Å²) < 4.78 is 0. The summed E-state index contributed by atoms with van der Waals surface area (Å²) in [6.07, 6.45) is -0.589. The zero-order valence-electron chi connectivity index (χ0n) is 25.1. The van der Waals surface area contributed by atoms with Crippen LogP contribution in [0.5, 0.6) is 0 Å². The number of carboxylic acids is 2. The summed E-state index contributed by atoms with van der Waals surface area (Å²) in [6.45, 7) is 7.98. The Bertz CT molecular complexity index is 1140. The fourth-order valence-electron chi connectivity index (χ4n) is 4.11. The van der Waals surface area contributed by atoms with E-state index in [9.17, 15) is 43.8 Å². The van der Waals surface area contributed by atoms with Crippen molar-refractivity contribution in [3.05, 3.63) is 35.9 Å². The number of hydrogen-bond acceptors (Lipinski definition) is 7. The summed E-state index contributed by atoms with van der Waals surface area (Å²) in [6, 6.07) is 3.36. The molecule has 0 unspecified atom stereocenters. The number of amides is 5. The van der Waals surface area contributed by atoms with Gasteiger partial charge in [-0.3, -0.25) is 28.8 Å². The van der Waals surface area contributed by atoms with Gasteiger partial charge in [-0.2, -0.15) is 0 Å². The summed E-state index contributed by atoms with van der Waals surface area (Å²) in [5.74, 6) is -6.59. The highest BCUT2D eigenvalue weighted by atomic mass is 16.4. The zero-order valence-corrected chi connectivity index (χ0v) is 25.1. The smallest absolute Gasteiger partial charge is 0.326 e. The minimum atomic E-state index is -1.62. The molecule has 4 atom stereocenters. The Morgan fingerprint density at radius 2 is 1.14 bits per heavy atom. The highest BCUT2D eigenvalue weighted by molar-refractivity contribution is 5.96. The van der Waals surface area contributed by atoms with E-state index in [4.69, 9.17) is 0 Å². The molecule has 0 bridgehead atoms. The van der Waals surface area contributed by atoms with Crippen molar-refractivity contribution in [1.82, 2.24) is 26.6 Å². The van der Waals surface area contributed by atoms with Crippen LogP contribution < -0.4 is 26.6 Å². The highest BCUT2D eigenvalue weighted by Crippen LogP contribution is 2.10. The molecule has 1 rings (SSSR count). The van der Waals surface area contributed by atoms with Crippen LogP contribution in [-0.4, -0.2) is 82.4 Å². The molecule has 238 valence electrons. The lowest BCUT2D eigenvalue weighted by molar-refractivity contribution is -0.143. The summed E-state index contributed by atoms with van der Waals surface area (Å²) in [5, 5.41) is 31.2. The topological polar surface area (TPSA) is 220 Å². The maximum Gasteiger partial charge on any atom is 0.326 e. The predicted molar refractivity (Wildman–Crippen MR) is 155 cm³/mol. The van der Waals surface area contributed by atoms with E-state index < -0.39 is 72.1 Å². The Kier molecular flexibility index (Phi) is 15.4. The normalized spacial score (nSPS) is 13.7. The van der Waals surface area contributed by atoms with Gasteiger partial charge >= 0.3 is 11.9 Å². The van der Waals surface area contributed by atoms with Crippen molar-refractivity contribution in [3.8, 4) is 0 Å². The molecule has 14 nitrogen and oxygen atoms in total. The van der Waals surface area contributed by atoms with Gasteiger partial charge in [0.05, 0.1) is 13.0 Å². The SMILES string of the molecule is CC(=O)NCC(=O)N[C@@H](CC(C)C)C(=O)N[C@@H](CC(=O)O)C(=O)N[C@@H](CC(C)C)C(=O)N[C@@H](Cc1ccccc1)C(=O)O. The van der Waals surface area contributed by atoms with E-state index in [1.54, 1.807) is 58.0 Å². The molecule has 0 fully saturated rings. The van der Waals surface area contributed by atoms with E-state index in [1.165, 1.54) is 6.92 Å². The number of hydrogen-bond donors (Lipinski definition) is 7. The monoisotopic (exact) mass is 605 g/mol. The molecule has 1 aromatic carbocycles. The van der Waals surface area contributed by atoms with Gasteiger partial charge in [-0.15, -0.1) is 0 Å². The van der Waals surface area contributed by atoms with Gasteiger partial charge in [0.2, 0.25) is 29.5 Å². The van der Waals surface area contributed by atoms with E-state index in [1.807, 2.05) is 0 Å². The molecule has 0 aromatic heterocycles.